The lowest BCUT2D eigenvalue weighted by Gasteiger charge is -2.12. The molecule has 0 spiro atoms. The van der Waals surface area contributed by atoms with Crippen LogP contribution >= 0.6 is 0 Å². The molecule has 0 fully saturated rings. The monoisotopic (exact) mass is 268 g/mol. The van der Waals surface area contributed by atoms with Crippen molar-refractivity contribution in [2.75, 3.05) is 11.5 Å². The molecule has 0 aliphatic heterocycles. The molecule has 0 amide bonds. The highest BCUT2D eigenvalue weighted by molar-refractivity contribution is 5.97. The van der Waals surface area contributed by atoms with Gasteiger partial charge in [-0.2, -0.15) is 0 Å². The van der Waals surface area contributed by atoms with Crippen molar-refractivity contribution in [2.45, 2.75) is 6.92 Å². The van der Waals surface area contributed by atoms with Crippen molar-refractivity contribution in [3.8, 4) is 11.1 Å². The molecule has 0 aliphatic rings. The molecule has 2 aromatic heterocycles. The summed E-state index contributed by atoms with van der Waals surface area (Å²) in [4.78, 5) is 7.97. The summed E-state index contributed by atoms with van der Waals surface area (Å²) in [5.74, 6) is -0.0745. The number of nitrogen functional groups attached to an aromatic ring is 2. The summed E-state index contributed by atoms with van der Waals surface area (Å²) >= 11 is 0. The van der Waals surface area contributed by atoms with Gasteiger partial charge < -0.3 is 11.5 Å². The van der Waals surface area contributed by atoms with E-state index < -0.39 is 5.82 Å². The maximum atomic E-state index is 14.5. The van der Waals surface area contributed by atoms with E-state index in [0.717, 1.165) is 10.9 Å². The number of benzene rings is 1. The molecule has 4 nitrogen and oxygen atoms in total. The highest BCUT2D eigenvalue weighted by Crippen LogP contribution is 2.35. The first-order valence-corrected chi connectivity index (χ1v) is 6.12. The highest BCUT2D eigenvalue weighted by Gasteiger charge is 2.15. The predicted octanol–water partition coefficient (Wildman–Crippen LogP) is 2.91. The first-order chi connectivity index (χ1) is 9.59. The highest BCUT2D eigenvalue weighted by atomic mass is 19.1. The van der Waals surface area contributed by atoms with Crippen LogP contribution in [0.5, 0.6) is 0 Å². The molecule has 3 aromatic rings. The van der Waals surface area contributed by atoms with Crippen LogP contribution in [0, 0.1) is 12.7 Å². The quantitative estimate of drug-likeness (QED) is 0.665. The van der Waals surface area contributed by atoms with Gasteiger partial charge in [0.15, 0.2) is 5.82 Å². The summed E-state index contributed by atoms with van der Waals surface area (Å²) in [6.45, 7) is 1.81. The minimum Gasteiger partial charge on any atom is -0.396 e. The fourth-order valence-electron chi connectivity index (χ4n) is 2.28. The number of anilines is 2. The number of aromatic nitrogens is 2. The van der Waals surface area contributed by atoms with Crippen molar-refractivity contribution in [3.05, 3.63) is 48.2 Å². The van der Waals surface area contributed by atoms with Gasteiger partial charge >= 0.3 is 0 Å². The predicted molar refractivity (Wildman–Crippen MR) is 78.5 cm³/mol. The molecule has 1 aromatic carbocycles. The minimum absolute atomic E-state index is 0.0976. The van der Waals surface area contributed by atoms with Crippen LogP contribution in [0.1, 0.15) is 5.56 Å². The Labute approximate surface area is 115 Å². The summed E-state index contributed by atoms with van der Waals surface area (Å²) in [5.41, 5.74) is 13.6. The number of pyridine rings is 2. The van der Waals surface area contributed by atoms with Crippen molar-refractivity contribution in [1.82, 2.24) is 9.97 Å². The Morgan fingerprint density at radius 1 is 1.10 bits per heavy atom. The molecule has 0 saturated carbocycles. The number of halogens is 1. The van der Waals surface area contributed by atoms with Crippen LogP contribution in [0.2, 0.25) is 0 Å². The third kappa shape index (κ3) is 1.75. The zero-order valence-electron chi connectivity index (χ0n) is 10.9. The average Bonchev–Trinajstić information content (AvgIpc) is 2.46. The Morgan fingerprint density at radius 2 is 1.90 bits per heavy atom. The van der Waals surface area contributed by atoms with Crippen LogP contribution in [0.25, 0.3) is 21.9 Å². The van der Waals surface area contributed by atoms with Gasteiger partial charge in [-0.1, -0.05) is 0 Å². The van der Waals surface area contributed by atoms with Crippen molar-refractivity contribution >= 4 is 22.3 Å². The summed E-state index contributed by atoms with van der Waals surface area (Å²) in [5, 5.41) is 1.44. The summed E-state index contributed by atoms with van der Waals surface area (Å²) in [6, 6.07) is 5.29. The van der Waals surface area contributed by atoms with Gasteiger partial charge in [0.05, 0.1) is 5.69 Å². The molecule has 0 bridgehead atoms. The molecule has 3 rings (SSSR count). The number of nitrogens with two attached hydrogens (primary N) is 2. The minimum atomic E-state index is -0.459. The van der Waals surface area contributed by atoms with Crippen LogP contribution in [-0.2, 0) is 0 Å². The van der Waals surface area contributed by atoms with E-state index in [9.17, 15) is 4.39 Å². The van der Waals surface area contributed by atoms with Gasteiger partial charge in [0.25, 0.3) is 0 Å². The van der Waals surface area contributed by atoms with Gasteiger partial charge in [0.2, 0.25) is 0 Å². The second-order valence-corrected chi connectivity index (χ2v) is 4.62. The Balaban J connectivity index is 2.37. The van der Waals surface area contributed by atoms with Crippen LogP contribution in [0.3, 0.4) is 0 Å². The van der Waals surface area contributed by atoms with E-state index in [1.54, 1.807) is 36.8 Å². The first kappa shape index (κ1) is 12.3. The largest absolute Gasteiger partial charge is 0.396 e. The number of nitrogens with zero attached hydrogens (tertiary/aromatic N) is 2. The van der Waals surface area contributed by atoms with E-state index in [1.807, 2.05) is 6.92 Å². The molecule has 0 unspecified atom stereocenters. The van der Waals surface area contributed by atoms with Crippen LogP contribution < -0.4 is 11.5 Å². The molecule has 5 heteroatoms. The lowest BCUT2D eigenvalue weighted by atomic mass is 9.97. The molecule has 20 heavy (non-hydrogen) atoms. The third-order valence-electron chi connectivity index (χ3n) is 3.45. The normalized spacial score (nSPS) is 10.9. The average molecular weight is 268 g/mol. The third-order valence-corrected chi connectivity index (χ3v) is 3.45. The zero-order valence-corrected chi connectivity index (χ0v) is 10.9. The number of hydrogen-bond donors (Lipinski definition) is 2. The number of fused-ring (bicyclic) bond motifs is 1. The topological polar surface area (TPSA) is 77.8 Å². The lowest BCUT2D eigenvalue weighted by molar-refractivity contribution is 0.637. The molecular weight excluding hydrogens is 255 g/mol. The lowest BCUT2D eigenvalue weighted by Crippen LogP contribution is -2.00. The van der Waals surface area contributed by atoms with Gasteiger partial charge in [-0.25, -0.2) is 9.37 Å². The van der Waals surface area contributed by atoms with Crippen molar-refractivity contribution in [3.63, 3.8) is 0 Å². The van der Waals surface area contributed by atoms with E-state index in [2.05, 4.69) is 9.97 Å². The molecule has 0 saturated heterocycles. The molecular formula is C15H13FN4. The summed E-state index contributed by atoms with van der Waals surface area (Å²) in [7, 11) is 0. The van der Waals surface area contributed by atoms with Crippen molar-refractivity contribution in [1.29, 1.82) is 0 Å². The van der Waals surface area contributed by atoms with E-state index in [1.165, 1.54) is 0 Å². The van der Waals surface area contributed by atoms with Gasteiger partial charge in [0, 0.05) is 29.5 Å². The summed E-state index contributed by atoms with van der Waals surface area (Å²) < 4.78 is 14.5. The van der Waals surface area contributed by atoms with E-state index in [0.29, 0.717) is 22.3 Å². The fourth-order valence-corrected chi connectivity index (χ4v) is 2.28. The Morgan fingerprint density at radius 3 is 2.70 bits per heavy atom. The van der Waals surface area contributed by atoms with Crippen LogP contribution in [0.15, 0.2) is 36.8 Å². The zero-order chi connectivity index (χ0) is 14.3. The molecule has 4 N–H and O–H groups in total. The number of hydrogen-bond acceptors (Lipinski definition) is 4. The summed E-state index contributed by atoms with van der Waals surface area (Å²) in [6.07, 6.45) is 4.77. The molecule has 0 atom stereocenters. The maximum Gasteiger partial charge on any atom is 0.154 e. The van der Waals surface area contributed by atoms with E-state index in [-0.39, 0.29) is 5.69 Å². The standard InChI is InChI=1S/C15H13FN4/c1-8-10(3-5-20-15(8)18)11-6-9-2-4-19-7-12(9)14(17)13(11)16/h2-7H,17H2,1H3,(H2,18,20). The number of rotatable bonds is 1. The van der Waals surface area contributed by atoms with Gasteiger partial charge in [-0.3, -0.25) is 4.98 Å². The SMILES string of the molecule is Cc1c(-c2cc3ccncc3c(N)c2F)ccnc1N. The van der Waals surface area contributed by atoms with Crippen molar-refractivity contribution < 1.29 is 4.39 Å². The van der Waals surface area contributed by atoms with Crippen LogP contribution in [-0.4, -0.2) is 9.97 Å². The van der Waals surface area contributed by atoms with Gasteiger partial charge in [-0.05, 0) is 41.6 Å². The molecule has 2 heterocycles. The maximum absolute atomic E-state index is 14.5. The van der Waals surface area contributed by atoms with Crippen LogP contribution in [0.4, 0.5) is 15.9 Å². The first-order valence-electron chi connectivity index (χ1n) is 6.12. The van der Waals surface area contributed by atoms with Gasteiger partial charge in [0.1, 0.15) is 5.82 Å². The molecule has 100 valence electrons. The second-order valence-electron chi connectivity index (χ2n) is 4.62. The smallest absolute Gasteiger partial charge is 0.154 e. The second kappa shape index (κ2) is 4.45. The fraction of sp³-hybridized carbons (Fsp3) is 0.0667. The molecule has 0 aliphatic carbocycles. The van der Waals surface area contributed by atoms with Gasteiger partial charge in [-0.15, -0.1) is 0 Å². The Bertz CT molecular complexity index is 814. The van der Waals surface area contributed by atoms with E-state index >= 15 is 0 Å². The van der Waals surface area contributed by atoms with Crippen molar-refractivity contribution in [2.24, 2.45) is 0 Å². The Kier molecular flexibility index (Phi) is 2.75. The van der Waals surface area contributed by atoms with E-state index in [4.69, 9.17) is 11.5 Å². The molecule has 0 radical (unpaired) electrons. The Hall–Kier alpha value is -2.69.